The van der Waals surface area contributed by atoms with E-state index in [9.17, 15) is 4.79 Å². The van der Waals surface area contributed by atoms with E-state index in [4.69, 9.17) is 9.47 Å². The highest BCUT2D eigenvalue weighted by atomic mass is 16.6. The third-order valence-electron chi connectivity index (χ3n) is 1.46. The predicted octanol–water partition coefficient (Wildman–Crippen LogP) is -0.296. The van der Waals surface area contributed by atoms with Crippen LogP contribution in [0.2, 0.25) is 0 Å². The van der Waals surface area contributed by atoms with Crippen LogP contribution in [0.4, 0.5) is 0 Å². The SMILES string of the molecule is C=CCNCC(=O)OC1COC1. The van der Waals surface area contributed by atoms with Crippen LogP contribution in [0.15, 0.2) is 12.7 Å². The molecule has 68 valence electrons. The lowest BCUT2D eigenvalue weighted by Gasteiger charge is -2.25. The molecule has 4 heteroatoms. The van der Waals surface area contributed by atoms with Crippen LogP contribution in [0.1, 0.15) is 0 Å². The molecule has 1 rings (SSSR count). The first-order valence-electron chi connectivity index (χ1n) is 3.91. The van der Waals surface area contributed by atoms with Crippen LogP contribution in [0.5, 0.6) is 0 Å². The van der Waals surface area contributed by atoms with E-state index in [0.717, 1.165) is 0 Å². The second-order valence-corrected chi connectivity index (χ2v) is 2.57. The molecule has 1 N–H and O–H groups in total. The van der Waals surface area contributed by atoms with Gasteiger partial charge in [0.25, 0.3) is 0 Å². The first-order valence-corrected chi connectivity index (χ1v) is 3.91. The predicted molar refractivity (Wildman–Crippen MR) is 43.8 cm³/mol. The molecule has 4 nitrogen and oxygen atoms in total. The summed E-state index contributed by atoms with van der Waals surface area (Å²) in [5.74, 6) is -0.231. The van der Waals surface area contributed by atoms with Crippen LogP contribution in [0, 0.1) is 0 Å². The van der Waals surface area contributed by atoms with Gasteiger partial charge in [-0.15, -0.1) is 6.58 Å². The second kappa shape index (κ2) is 4.90. The number of hydrogen-bond donors (Lipinski definition) is 1. The molecular weight excluding hydrogens is 158 g/mol. The van der Waals surface area contributed by atoms with Crippen molar-refractivity contribution in [2.45, 2.75) is 6.10 Å². The van der Waals surface area contributed by atoms with E-state index in [1.165, 1.54) is 0 Å². The Hall–Kier alpha value is -0.870. The van der Waals surface area contributed by atoms with Crippen molar-refractivity contribution in [2.75, 3.05) is 26.3 Å². The van der Waals surface area contributed by atoms with Gasteiger partial charge < -0.3 is 14.8 Å². The lowest BCUT2D eigenvalue weighted by Crippen LogP contribution is -2.40. The number of hydrogen-bond acceptors (Lipinski definition) is 4. The molecule has 12 heavy (non-hydrogen) atoms. The van der Waals surface area contributed by atoms with E-state index in [2.05, 4.69) is 11.9 Å². The minimum Gasteiger partial charge on any atom is -0.456 e. The first-order chi connectivity index (χ1) is 5.83. The Kier molecular flexibility index (Phi) is 3.76. The molecule has 1 fully saturated rings. The van der Waals surface area contributed by atoms with Crippen LogP contribution < -0.4 is 5.32 Å². The lowest BCUT2D eigenvalue weighted by atomic mass is 10.3. The highest BCUT2D eigenvalue weighted by Crippen LogP contribution is 2.04. The molecule has 0 radical (unpaired) electrons. The highest BCUT2D eigenvalue weighted by molar-refractivity contribution is 5.71. The zero-order valence-electron chi connectivity index (χ0n) is 6.91. The van der Waals surface area contributed by atoms with Gasteiger partial charge in [-0.3, -0.25) is 4.79 Å². The fourth-order valence-electron chi connectivity index (χ4n) is 0.786. The maximum absolute atomic E-state index is 10.9. The average Bonchev–Trinajstić information content (AvgIpc) is 1.98. The van der Waals surface area contributed by atoms with Crippen molar-refractivity contribution in [1.29, 1.82) is 0 Å². The third kappa shape index (κ3) is 3.02. The van der Waals surface area contributed by atoms with Gasteiger partial charge in [0, 0.05) is 6.54 Å². The zero-order chi connectivity index (χ0) is 8.81. The van der Waals surface area contributed by atoms with Crippen LogP contribution in [0.3, 0.4) is 0 Å². The van der Waals surface area contributed by atoms with Crippen molar-refractivity contribution in [3.63, 3.8) is 0 Å². The number of carbonyl (C=O) groups excluding carboxylic acids is 1. The summed E-state index contributed by atoms with van der Waals surface area (Å²) in [6.45, 7) is 5.44. The maximum atomic E-state index is 10.9. The molecule has 0 aromatic carbocycles. The summed E-state index contributed by atoms with van der Waals surface area (Å²) >= 11 is 0. The minimum absolute atomic E-state index is 0.0250. The molecule has 0 bridgehead atoms. The van der Waals surface area contributed by atoms with Crippen molar-refractivity contribution in [3.8, 4) is 0 Å². The van der Waals surface area contributed by atoms with E-state index in [-0.39, 0.29) is 18.6 Å². The van der Waals surface area contributed by atoms with Crippen molar-refractivity contribution < 1.29 is 14.3 Å². The van der Waals surface area contributed by atoms with Gasteiger partial charge in [-0.05, 0) is 0 Å². The molecule has 0 saturated carbocycles. The molecule has 1 aliphatic heterocycles. The fraction of sp³-hybridized carbons (Fsp3) is 0.625. The molecule has 0 atom stereocenters. The number of nitrogens with one attached hydrogen (secondary N) is 1. The normalized spacial score (nSPS) is 16.7. The molecule has 0 amide bonds. The smallest absolute Gasteiger partial charge is 0.320 e. The third-order valence-corrected chi connectivity index (χ3v) is 1.46. The van der Waals surface area contributed by atoms with Gasteiger partial charge >= 0.3 is 5.97 Å². The first kappa shape index (κ1) is 9.22. The standard InChI is InChI=1S/C8H13NO3/c1-2-3-9-4-8(10)12-7-5-11-6-7/h2,7,9H,1,3-6H2. The molecule has 0 unspecified atom stereocenters. The maximum Gasteiger partial charge on any atom is 0.320 e. The Morgan fingerprint density at radius 3 is 3.00 bits per heavy atom. The Labute approximate surface area is 71.5 Å². The van der Waals surface area contributed by atoms with E-state index in [1.807, 2.05) is 0 Å². The van der Waals surface area contributed by atoms with Gasteiger partial charge in [0.2, 0.25) is 0 Å². The zero-order valence-corrected chi connectivity index (χ0v) is 6.91. The van der Waals surface area contributed by atoms with E-state index < -0.39 is 0 Å². The molecule has 1 saturated heterocycles. The molecule has 0 spiro atoms. The Morgan fingerprint density at radius 2 is 2.50 bits per heavy atom. The molecule has 1 aliphatic rings. The molecule has 0 aromatic rings. The molecule has 1 heterocycles. The summed E-state index contributed by atoms with van der Waals surface area (Å²) in [6.07, 6.45) is 1.67. The topological polar surface area (TPSA) is 47.6 Å². The molecular formula is C8H13NO3. The van der Waals surface area contributed by atoms with Gasteiger partial charge in [0.05, 0.1) is 19.8 Å². The quantitative estimate of drug-likeness (QED) is 0.350. The summed E-state index contributed by atoms with van der Waals surface area (Å²) in [7, 11) is 0. The van der Waals surface area contributed by atoms with Gasteiger partial charge in [0.1, 0.15) is 6.10 Å². The van der Waals surface area contributed by atoms with Gasteiger partial charge in [-0.2, -0.15) is 0 Å². The van der Waals surface area contributed by atoms with Crippen molar-refractivity contribution in [2.24, 2.45) is 0 Å². The van der Waals surface area contributed by atoms with Crippen LogP contribution in [0.25, 0.3) is 0 Å². The number of carbonyl (C=O) groups is 1. The van der Waals surface area contributed by atoms with Gasteiger partial charge in [-0.1, -0.05) is 6.08 Å². The minimum atomic E-state index is -0.231. The average molecular weight is 171 g/mol. The summed E-state index contributed by atoms with van der Waals surface area (Å²) in [5, 5.41) is 2.85. The van der Waals surface area contributed by atoms with Crippen LogP contribution in [-0.2, 0) is 14.3 Å². The molecule has 0 aromatic heterocycles. The van der Waals surface area contributed by atoms with Crippen LogP contribution >= 0.6 is 0 Å². The van der Waals surface area contributed by atoms with E-state index in [1.54, 1.807) is 6.08 Å². The lowest BCUT2D eigenvalue weighted by molar-refractivity contribution is -0.170. The number of esters is 1. The van der Waals surface area contributed by atoms with Gasteiger partial charge in [-0.25, -0.2) is 0 Å². The monoisotopic (exact) mass is 171 g/mol. The van der Waals surface area contributed by atoms with Crippen LogP contribution in [-0.4, -0.2) is 38.4 Å². The van der Waals surface area contributed by atoms with Gasteiger partial charge in [0.15, 0.2) is 0 Å². The Bertz CT molecular complexity index is 166. The highest BCUT2D eigenvalue weighted by Gasteiger charge is 2.21. The fourth-order valence-corrected chi connectivity index (χ4v) is 0.786. The Balaban J connectivity index is 1.99. The number of rotatable bonds is 5. The van der Waals surface area contributed by atoms with E-state index in [0.29, 0.717) is 19.8 Å². The summed E-state index contributed by atoms with van der Waals surface area (Å²) in [4.78, 5) is 10.9. The molecule has 0 aliphatic carbocycles. The summed E-state index contributed by atoms with van der Waals surface area (Å²) in [6, 6.07) is 0. The number of ether oxygens (including phenoxy) is 2. The summed E-state index contributed by atoms with van der Waals surface area (Å²) in [5.41, 5.74) is 0. The van der Waals surface area contributed by atoms with E-state index >= 15 is 0 Å². The Morgan fingerprint density at radius 1 is 1.75 bits per heavy atom. The largest absolute Gasteiger partial charge is 0.456 e. The van der Waals surface area contributed by atoms with Crippen molar-refractivity contribution >= 4 is 5.97 Å². The summed E-state index contributed by atoms with van der Waals surface area (Å²) < 4.78 is 9.82. The second-order valence-electron chi connectivity index (χ2n) is 2.57. The van der Waals surface area contributed by atoms with Crippen molar-refractivity contribution in [3.05, 3.63) is 12.7 Å². The van der Waals surface area contributed by atoms with Crippen molar-refractivity contribution in [1.82, 2.24) is 5.32 Å².